The van der Waals surface area contributed by atoms with E-state index in [0.29, 0.717) is 5.56 Å². The summed E-state index contributed by atoms with van der Waals surface area (Å²) in [6.45, 7) is 6.53. The van der Waals surface area contributed by atoms with Gasteiger partial charge in [0.15, 0.2) is 6.20 Å². The number of hydrogen-bond donors (Lipinski definition) is 0. The van der Waals surface area contributed by atoms with Crippen molar-refractivity contribution in [2.24, 2.45) is 7.05 Å². The molecule has 0 saturated carbocycles. The molecule has 0 radical (unpaired) electrons. The third-order valence-electron chi connectivity index (χ3n) is 4.74. The predicted molar refractivity (Wildman–Crippen MR) is 107 cm³/mol. The molecule has 0 aliphatic rings. The molecule has 1 heteroatoms. The van der Waals surface area contributed by atoms with Gasteiger partial charge >= 0.3 is 0 Å². The molecule has 0 atom stereocenters. The number of benzene rings is 2. The molecule has 0 amide bonds. The van der Waals surface area contributed by atoms with E-state index in [1.54, 1.807) is 6.20 Å². The Balaban J connectivity index is 2.30. The lowest BCUT2D eigenvalue weighted by atomic mass is 9.84. The van der Waals surface area contributed by atoms with Crippen molar-refractivity contribution in [2.45, 2.75) is 40.0 Å². The largest absolute Gasteiger partial charge is 0.213 e. The first-order valence-corrected chi connectivity index (χ1v) is 8.69. The smallest absolute Gasteiger partial charge is 0.201 e. The molecule has 0 aliphatic heterocycles. The first kappa shape index (κ1) is 13.8. The minimum atomic E-state index is -2.18. The monoisotopic (exact) mass is 333 g/mol. The van der Waals surface area contributed by atoms with Crippen molar-refractivity contribution in [3.63, 3.8) is 0 Å². The second kappa shape index (κ2) is 6.48. The Bertz CT molecular complexity index is 997. The van der Waals surface area contributed by atoms with Gasteiger partial charge in [0.2, 0.25) is 5.69 Å². The molecule has 3 rings (SSSR count). The third-order valence-corrected chi connectivity index (χ3v) is 4.74. The van der Waals surface area contributed by atoms with Crippen LogP contribution in [0.4, 0.5) is 0 Å². The molecule has 0 saturated heterocycles. The Kier molecular flexibility index (Phi) is 3.58. The molecule has 1 nitrogen and oxygen atoms in total. The van der Waals surface area contributed by atoms with Crippen LogP contribution in [0.2, 0.25) is 0 Å². The molecular formula is C24H28N+. The molecule has 1 heterocycles. The molecular weight excluding hydrogens is 302 g/mol. The van der Waals surface area contributed by atoms with E-state index in [0.717, 1.165) is 22.4 Å². The Hall–Kier alpha value is -2.41. The van der Waals surface area contributed by atoms with Crippen molar-refractivity contribution < 1.29 is 8.68 Å². The standard InChI is InChI=1S/C24H28N/c1-17-12-13-20(24(3,4)5)14-22(17)23-15-21(18(2)16-25(23)6)19-10-8-7-9-11-19/h7-16H,1-6H3/q+1/i2D3. The van der Waals surface area contributed by atoms with Crippen molar-refractivity contribution in [2.75, 3.05) is 0 Å². The number of aromatic nitrogens is 1. The fraction of sp³-hybridized carbons (Fsp3) is 0.292. The van der Waals surface area contributed by atoms with Crippen molar-refractivity contribution >= 4 is 0 Å². The van der Waals surface area contributed by atoms with Crippen LogP contribution in [0, 0.1) is 13.8 Å². The number of pyridine rings is 1. The molecule has 3 aromatic rings. The van der Waals surface area contributed by atoms with Crippen LogP contribution in [0.3, 0.4) is 0 Å². The molecule has 0 N–H and O–H groups in total. The van der Waals surface area contributed by atoms with Crippen LogP contribution in [0.1, 0.15) is 41.6 Å². The summed E-state index contributed by atoms with van der Waals surface area (Å²) in [5, 5.41) is 0. The molecule has 25 heavy (non-hydrogen) atoms. The lowest BCUT2D eigenvalue weighted by Crippen LogP contribution is -2.31. The first-order chi connectivity index (χ1) is 13.0. The lowest BCUT2D eigenvalue weighted by Gasteiger charge is -2.20. The van der Waals surface area contributed by atoms with E-state index in [2.05, 4.69) is 45.9 Å². The molecule has 0 spiro atoms. The van der Waals surface area contributed by atoms with Crippen LogP contribution in [-0.4, -0.2) is 0 Å². The van der Waals surface area contributed by atoms with Gasteiger partial charge in [0.25, 0.3) is 0 Å². The van der Waals surface area contributed by atoms with Crippen molar-refractivity contribution in [3.8, 4) is 22.4 Å². The predicted octanol–water partition coefficient (Wildman–Crippen LogP) is 5.76. The molecule has 128 valence electrons. The third kappa shape index (κ3) is 3.51. The maximum absolute atomic E-state index is 8.01. The number of nitrogens with zero attached hydrogens (tertiary/aromatic N) is 1. The summed E-state index contributed by atoms with van der Waals surface area (Å²) in [6.07, 6.45) is 1.76. The maximum Gasteiger partial charge on any atom is 0.213 e. The number of aryl methyl sites for hydroxylation is 3. The van der Waals surface area contributed by atoms with E-state index in [1.807, 2.05) is 48.0 Å². The molecule has 0 bridgehead atoms. The summed E-state index contributed by atoms with van der Waals surface area (Å²) in [6, 6.07) is 18.3. The summed E-state index contributed by atoms with van der Waals surface area (Å²) in [5.41, 5.74) is 6.66. The van der Waals surface area contributed by atoms with Gasteiger partial charge in [-0.15, -0.1) is 0 Å². The number of rotatable bonds is 2. The highest BCUT2D eigenvalue weighted by molar-refractivity contribution is 5.72. The maximum atomic E-state index is 8.01. The van der Waals surface area contributed by atoms with Crippen LogP contribution < -0.4 is 4.57 Å². The summed E-state index contributed by atoms with van der Waals surface area (Å²) in [5.74, 6) is 0. The summed E-state index contributed by atoms with van der Waals surface area (Å²) in [7, 11) is 1.92. The van der Waals surface area contributed by atoms with Gasteiger partial charge in [-0.3, -0.25) is 0 Å². The summed E-state index contributed by atoms with van der Waals surface area (Å²) >= 11 is 0. The lowest BCUT2D eigenvalue weighted by molar-refractivity contribution is -0.660. The normalized spacial score (nSPS) is 13.9. The van der Waals surface area contributed by atoms with E-state index in [1.165, 1.54) is 11.1 Å². The van der Waals surface area contributed by atoms with Crippen LogP contribution in [0.5, 0.6) is 0 Å². The topological polar surface area (TPSA) is 3.88 Å². The first-order valence-electron chi connectivity index (χ1n) is 10.2. The second-order valence-electron chi connectivity index (χ2n) is 7.74. The quantitative estimate of drug-likeness (QED) is 0.525. The van der Waals surface area contributed by atoms with Crippen molar-refractivity contribution in [1.82, 2.24) is 0 Å². The van der Waals surface area contributed by atoms with Gasteiger partial charge in [-0.25, -0.2) is 4.57 Å². The highest BCUT2D eigenvalue weighted by Gasteiger charge is 2.20. The fourth-order valence-corrected chi connectivity index (χ4v) is 3.14. The Morgan fingerprint density at radius 1 is 0.880 bits per heavy atom. The van der Waals surface area contributed by atoms with Crippen LogP contribution in [0.15, 0.2) is 60.8 Å². The molecule has 1 aromatic heterocycles. The highest BCUT2D eigenvalue weighted by atomic mass is 14.9. The molecule has 0 fully saturated rings. The fourth-order valence-electron chi connectivity index (χ4n) is 3.14. The van der Waals surface area contributed by atoms with Crippen LogP contribution in [-0.2, 0) is 12.5 Å². The van der Waals surface area contributed by atoms with Gasteiger partial charge in [0, 0.05) is 21.3 Å². The van der Waals surface area contributed by atoms with Crippen molar-refractivity contribution in [1.29, 1.82) is 0 Å². The molecule has 2 aromatic carbocycles. The van der Waals surface area contributed by atoms with Gasteiger partial charge in [-0.2, -0.15) is 0 Å². The van der Waals surface area contributed by atoms with Crippen molar-refractivity contribution in [3.05, 3.63) is 77.5 Å². The SMILES string of the molecule is [2H]C([2H])([2H])c1c[n+](C)c(-c2cc(C(C)(C)C)ccc2C)cc1-c1ccccc1. The second-order valence-corrected chi connectivity index (χ2v) is 7.74. The average molecular weight is 334 g/mol. The minimum Gasteiger partial charge on any atom is -0.201 e. The van der Waals surface area contributed by atoms with E-state index in [4.69, 9.17) is 4.11 Å². The Morgan fingerprint density at radius 2 is 1.60 bits per heavy atom. The average Bonchev–Trinajstić information content (AvgIpc) is 2.61. The van der Waals surface area contributed by atoms with E-state index < -0.39 is 6.85 Å². The zero-order chi connectivity index (χ0) is 20.7. The highest BCUT2D eigenvalue weighted by Crippen LogP contribution is 2.31. The minimum absolute atomic E-state index is 0.0436. The Labute approximate surface area is 156 Å². The van der Waals surface area contributed by atoms with Gasteiger partial charge in [0.1, 0.15) is 7.05 Å². The van der Waals surface area contributed by atoms with Crippen LogP contribution in [0.25, 0.3) is 22.4 Å². The zero-order valence-electron chi connectivity index (χ0n) is 18.7. The number of hydrogen-bond acceptors (Lipinski definition) is 0. The van der Waals surface area contributed by atoms with Gasteiger partial charge in [-0.1, -0.05) is 63.2 Å². The van der Waals surface area contributed by atoms with Crippen LogP contribution >= 0.6 is 0 Å². The molecule has 0 unspecified atom stereocenters. The van der Waals surface area contributed by atoms with E-state index >= 15 is 0 Å². The van der Waals surface area contributed by atoms with E-state index in [-0.39, 0.29) is 5.41 Å². The van der Waals surface area contributed by atoms with Gasteiger partial charge < -0.3 is 0 Å². The molecule has 0 aliphatic carbocycles. The van der Waals surface area contributed by atoms with E-state index in [9.17, 15) is 0 Å². The summed E-state index contributed by atoms with van der Waals surface area (Å²) in [4.78, 5) is 0. The van der Waals surface area contributed by atoms with Gasteiger partial charge in [0.05, 0.1) is 0 Å². The Morgan fingerprint density at radius 3 is 2.24 bits per heavy atom. The summed E-state index contributed by atoms with van der Waals surface area (Å²) < 4.78 is 26.0. The zero-order valence-corrected chi connectivity index (χ0v) is 15.7. The van der Waals surface area contributed by atoms with Gasteiger partial charge in [-0.05, 0) is 47.5 Å².